The molecule has 3 aromatic rings. The van der Waals surface area contributed by atoms with Gasteiger partial charge in [0.25, 0.3) is 0 Å². The molecule has 0 spiro atoms. The van der Waals surface area contributed by atoms with Crippen LogP contribution in [0.15, 0.2) is 60.7 Å². The molecule has 3 aromatic carbocycles. The normalized spacial score (nSPS) is 11.9. The number of carboxylic acids is 2. The van der Waals surface area contributed by atoms with E-state index in [1.165, 1.54) is 0 Å². The topological polar surface area (TPSA) is 74.6 Å². The SMILES string of the molecule is O=C(O)c1cc(-c2ccc(C(F)(F)F)cc2)c(C(=O)O)c(-c2ccc(C(F)(F)F)cc2)c1. The van der Waals surface area contributed by atoms with Gasteiger partial charge in [-0.2, -0.15) is 26.3 Å². The van der Waals surface area contributed by atoms with Crippen molar-refractivity contribution in [3.05, 3.63) is 82.9 Å². The van der Waals surface area contributed by atoms with Crippen molar-refractivity contribution in [2.75, 3.05) is 0 Å². The fourth-order valence-electron chi connectivity index (χ4n) is 3.13. The first-order valence-electron chi connectivity index (χ1n) is 8.79. The van der Waals surface area contributed by atoms with E-state index in [-0.39, 0.29) is 27.8 Å². The number of hydrogen-bond acceptors (Lipinski definition) is 2. The highest BCUT2D eigenvalue weighted by molar-refractivity contribution is 6.05. The van der Waals surface area contributed by atoms with E-state index in [0.717, 1.165) is 36.4 Å². The highest BCUT2D eigenvalue weighted by atomic mass is 19.4. The van der Waals surface area contributed by atoms with E-state index in [4.69, 9.17) is 0 Å². The molecule has 2 N–H and O–H groups in total. The second kappa shape index (κ2) is 8.03. The largest absolute Gasteiger partial charge is 0.478 e. The van der Waals surface area contributed by atoms with Gasteiger partial charge in [-0.3, -0.25) is 0 Å². The van der Waals surface area contributed by atoms with Crippen LogP contribution in [-0.2, 0) is 12.4 Å². The van der Waals surface area contributed by atoms with Crippen LogP contribution in [0.25, 0.3) is 22.3 Å². The van der Waals surface area contributed by atoms with Gasteiger partial charge in [0, 0.05) is 0 Å². The highest BCUT2D eigenvalue weighted by Gasteiger charge is 2.31. The third kappa shape index (κ3) is 4.58. The van der Waals surface area contributed by atoms with Crippen LogP contribution in [0.4, 0.5) is 26.3 Å². The summed E-state index contributed by atoms with van der Waals surface area (Å²) in [6, 6.07) is 8.81. The molecule has 4 nitrogen and oxygen atoms in total. The number of aromatic carboxylic acids is 2. The van der Waals surface area contributed by atoms with Crippen LogP contribution in [-0.4, -0.2) is 22.2 Å². The fourth-order valence-corrected chi connectivity index (χ4v) is 3.13. The predicted octanol–water partition coefficient (Wildman–Crippen LogP) is 6.45. The summed E-state index contributed by atoms with van der Waals surface area (Å²) in [6.45, 7) is 0. The molecule has 0 saturated carbocycles. The zero-order chi connectivity index (χ0) is 23.8. The number of carbonyl (C=O) groups is 2. The Hall–Kier alpha value is -3.82. The zero-order valence-corrected chi connectivity index (χ0v) is 15.8. The number of hydrogen-bond donors (Lipinski definition) is 2. The Balaban J connectivity index is 2.26. The minimum Gasteiger partial charge on any atom is -0.478 e. The van der Waals surface area contributed by atoms with Crippen LogP contribution < -0.4 is 0 Å². The molecule has 0 amide bonds. The van der Waals surface area contributed by atoms with Gasteiger partial charge in [0.1, 0.15) is 0 Å². The number of carboxylic acid groups (broad SMARTS) is 2. The average Bonchev–Trinajstić information content (AvgIpc) is 2.71. The summed E-state index contributed by atoms with van der Waals surface area (Å²) in [6.07, 6.45) is -9.27. The Morgan fingerprint density at radius 3 is 1.19 bits per heavy atom. The second-order valence-electron chi connectivity index (χ2n) is 6.71. The molecule has 0 unspecified atom stereocenters. The van der Waals surface area contributed by atoms with Crippen LogP contribution >= 0.6 is 0 Å². The molecular weight excluding hydrogens is 442 g/mol. The fraction of sp³-hybridized carbons (Fsp3) is 0.0909. The van der Waals surface area contributed by atoms with E-state index in [2.05, 4.69) is 0 Å². The van der Waals surface area contributed by atoms with Gasteiger partial charge >= 0.3 is 24.3 Å². The summed E-state index contributed by atoms with van der Waals surface area (Å²) in [7, 11) is 0. The van der Waals surface area contributed by atoms with Crippen LogP contribution in [0.3, 0.4) is 0 Å². The zero-order valence-electron chi connectivity index (χ0n) is 15.8. The van der Waals surface area contributed by atoms with Crippen molar-refractivity contribution in [2.45, 2.75) is 12.4 Å². The Morgan fingerprint density at radius 2 is 0.938 bits per heavy atom. The lowest BCUT2D eigenvalue weighted by Gasteiger charge is -2.15. The average molecular weight is 454 g/mol. The standard InChI is InChI=1S/C22H12F6O4/c23-21(24,25)14-5-1-11(2-6-14)16-9-13(19(29)30)10-17(18(16)20(31)32)12-3-7-15(8-4-12)22(26,27)28/h1-10H,(H,29,30)(H,31,32). The van der Waals surface area contributed by atoms with Crippen molar-refractivity contribution in [2.24, 2.45) is 0 Å². The summed E-state index contributed by atoms with van der Waals surface area (Å²) < 4.78 is 77.1. The summed E-state index contributed by atoms with van der Waals surface area (Å²) in [5, 5.41) is 19.2. The molecule has 0 aliphatic rings. The Kier molecular flexibility index (Phi) is 5.73. The Morgan fingerprint density at radius 1 is 0.594 bits per heavy atom. The molecule has 166 valence electrons. The molecule has 0 fully saturated rings. The molecule has 0 heterocycles. The molecule has 10 heteroatoms. The predicted molar refractivity (Wildman–Crippen MR) is 101 cm³/mol. The first-order valence-corrected chi connectivity index (χ1v) is 8.79. The van der Waals surface area contributed by atoms with E-state index in [9.17, 15) is 46.1 Å². The minimum absolute atomic E-state index is 0.00772. The number of halogens is 6. The Labute approximate surface area is 176 Å². The summed E-state index contributed by atoms with van der Waals surface area (Å²) in [5.74, 6) is -2.99. The van der Waals surface area contributed by atoms with Crippen LogP contribution in [0, 0.1) is 0 Å². The lowest BCUT2D eigenvalue weighted by atomic mass is 9.89. The van der Waals surface area contributed by atoms with Crippen molar-refractivity contribution in [3.63, 3.8) is 0 Å². The summed E-state index contributed by atoms with van der Waals surface area (Å²) in [5.41, 5.74) is -3.24. The molecule has 0 radical (unpaired) electrons. The van der Waals surface area contributed by atoms with Crippen LogP contribution in [0.1, 0.15) is 31.8 Å². The number of benzene rings is 3. The van der Waals surface area contributed by atoms with Gasteiger partial charge in [-0.1, -0.05) is 24.3 Å². The van der Waals surface area contributed by atoms with Gasteiger partial charge in [0.15, 0.2) is 0 Å². The van der Waals surface area contributed by atoms with Gasteiger partial charge < -0.3 is 10.2 Å². The third-order valence-electron chi connectivity index (χ3n) is 4.65. The van der Waals surface area contributed by atoms with Crippen molar-refractivity contribution < 1.29 is 46.1 Å². The maximum absolute atomic E-state index is 12.8. The van der Waals surface area contributed by atoms with Crippen molar-refractivity contribution >= 4 is 11.9 Å². The maximum Gasteiger partial charge on any atom is 0.416 e. The number of alkyl halides is 6. The van der Waals surface area contributed by atoms with E-state index in [1.807, 2.05) is 0 Å². The molecule has 3 rings (SSSR count). The van der Waals surface area contributed by atoms with Gasteiger partial charge in [-0.25, -0.2) is 9.59 Å². The van der Waals surface area contributed by atoms with E-state index >= 15 is 0 Å². The summed E-state index contributed by atoms with van der Waals surface area (Å²) in [4.78, 5) is 23.6. The quantitative estimate of drug-likeness (QED) is 0.444. The van der Waals surface area contributed by atoms with Crippen molar-refractivity contribution in [1.82, 2.24) is 0 Å². The molecular formula is C22H12F6O4. The van der Waals surface area contributed by atoms with Gasteiger partial charge in [0.05, 0.1) is 22.3 Å². The Bertz CT molecular complexity index is 1100. The van der Waals surface area contributed by atoms with Crippen LogP contribution in [0.2, 0.25) is 0 Å². The third-order valence-corrected chi connectivity index (χ3v) is 4.65. The van der Waals surface area contributed by atoms with Gasteiger partial charge in [0.2, 0.25) is 0 Å². The minimum atomic E-state index is -4.64. The van der Waals surface area contributed by atoms with Gasteiger partial charge in [-0.05, 0) is 58.7 Å². The molecule has 0 atom stereocenters. The molecule has 0 aliphatic carbocycles. The molecule has 0 bridgehead atoms. The molecule has 0 aromatic heterocycles. The van der Waals surface area contributed by atoms with Crippen molar-refractivity contribution in [1.29, 1.82) is 0 Å². The second-order valence-corrected chi connectivity index (χ2v) is 6.71. The first kappa shape index (κ1) is 22.9. The molecule has 0 aliphatic heterocycles. The molecule has 0 saturated heterocycles. The lowest BCUT2D eigenvalue weighted by Crippen LogP contribution is -2.08. The number of rotatable bonds is 4. The monoisotopic (exact) mass is 454 g/mol. The first-order chi connectivity index (χ1) is 14.8. The van der Waals surface area contributed by atoms with Crippen LogP contribution in [0.5, 0.6) is 0 Å². The lowest BCUT2D eigenvalue weighted by molar-refractivity contribution is -0.138. The van der Waals surface area contributed by atoms with E-state index < -0.39 is 41.0 Å². The van der Waals surface area contributed by atoms with E-state index in [0.29, 0.717) is 24.3 Å². The maximum atomic E-state index is 12.8. The summed E-state index contributed by atoms with van der Waals surface area (Å²) >= 11 is 0. The van der Waals surface area contributed by atoms with Gasteiger partial charge in [-0.15, -0.1) is 0 Å². The van der Waals surface area contributed by atoms with E-state index in [1.54, 1.807) is 0 Å². The van der Waals surface area contributed by atoms with Crippen molar-refractivity contribution in [3.8, 4) is 22.3 Å². The highest BCUT2D eigenvalue weighted by Crippen LogP contribution is 2.37. The molecule has 32 heavy (non-hydrogen) atoms. The smallest absolute Gasteiger partial charge is 0.416 e.